The monoisotopic (exact) mass is 248 g/mol. The average Bonchev–Trinajstić information content (AvgIpc) is 2.84. The first kappa shape index (κ1) is 12.9. The van der Waals surface area contributed by atoms with Gasteiger partial charge in [-0.05, 0) is 56.2 Å². The molecule has 1 saturated carbocycles. The number of rotatable bonds is 6. The van der Waals surface area contributed by atoms with Crippen LogP contribution in [-0.4, -0.2) is 17.2 Å². The van der Waals surface area contributed by atoms with E-state index in [0.29, 0.717) is 12.5 Å². The molecular weight excluding hydrogens is 228 g/mol. The predicted octanol–water partition coefficient (Wildman–Crippen LogP) is 3.42. The quantitative estimate of drug-likeness (QED) is 0.839. The molecule has 0 bridgehead atoms. The second-order valence-electron chi connectivity index (χ2n) is 4.92. The summed E-state index contributed by atoms with van der Waals surface area (Å²) in [6, 6.07) is 8.06. The zero-order chi connectivity index (χ0) is 12.8. The van der Waals surface area contributed by atoms with Crippen LogP contribution in [0.5, 0.6) is 5.75 Å². The minimum absolute atomic E-state index is 0.236. The lowest BCUT2D eigenvalue weighted by atomic mass is 10.1. The van der Waals surface area contributed by atoms with Crippen LogP contribution in [0.2, 0.25) is 0 Å². The Labute approximate surface area is 108 Å². The van der Waals surface area contributed by atoms with Gasteiger partial charge in [0.25, 0.3) is 0 Å². The third-order valence-corrected chi connectivity index (χ3v) is 3.38. The lowest BCUT2D eigenvalue weighted by Crippen LogP contribution is -2.10. The Bertz CT molecular complexity index is 377. The lowest BCUT2D eigenvalue weighted by molar-refractivity contribution is -0.137. The zero-order valence-corrected chi connectivity index (χ0v) is 10.6. The molecule has 0 atom stereocenters. The second-order valence-corrected chi connectivity index (χ2v) is 4.92. The molecule has 0 radical (unpaired) electrons. The fourth-order valence-electron chi connectivity index (χ4n) is 2.38. The molecule has 0 aliphatic heterocycles. The van der Waals surface area contributed by atoms with Gasteiger partial charge in [-0.1, -0.05) is 12.1 Å². The maximum atomic E-state index is 10.4. The van der Waals surface area contributed by atoms with Crippen molar-refractivity contribution < 1.29 is 14.6 Å². The summed E-state index contributed by atoms with van der Waals surface area (Å²) in [6.45, 7) is 0. The number of carboxylic acids is 1. The normalized spacial score (nSPS) is 15.8. The van der Waals surface area contributed by atoms with Gasteiger partial charge in [0, 0.05) is 6.42 Å². The van der Waals surface area contributed by atoms with Gasteiger partial charge >= 0.3 is 5.97 Å². The van der Waals surface area contributed by atoms with Crippen molar-refractivity contribution in [2.45, 2.75) is 51.0 Å². The van der Waals surface area contributed by atoms with Crippen LogP contribution in [0.15, 0.2) is 24.3 Å². The van der Waals surface area contributed by atoms with E-state index in [1.165, 1.54) is 31.2 Å². The van der Waals surface area contributed by atoms with Gasteiger partial charge in [0.05, 0.1) is 6.10 Å². The standard InChI is InChI=1S/C15H20O3/c16-15(17)7-3-4-12-8-10-14(11-9-12)18-13-5-1-2-6-13/h8-11,13H,1-7H2,(H,16,17). The molecule has 0 saturated heterocycles. The van der Waals surface area contributed by atoms with E-state index in [1.807, 2.05) is 24.3 Å². The van der Waals surface area contributed by atoms with Crippen molar-refractivity contribution in [1.29, 1.82) is 0 Å². The molecule has 3 heteroatoms. The number of carbonyl (C=O) groups is 1. The van der Waals surface area contributed by atoms with Crippen LogP contribution in [0.4, 0.5) is 0 Å². The molecule has 1 aliphatic carbocycles. The first-order valence-electron chi connectivity index (χ1n) is 6.71. The molecule has 0 amide bonds. The molecule has 98 valence electrons. The van der Waals surface area contributed by atoms with Crippen LogP contribution in [0.1, 0.15) is 44.1 Å². The largest absolute Gasteiger partial charge is 0.490 e. The number of aliphatic carboxylic acids is 1. The fraction of sp³-hybridized carbons (Fsp3) is 0.533. The number of ether oxygens (including phenoxy) is 1. The summed E-state index contributed by atoms with van der Waals surface area (Å²) < 4.78 is 5.88. The van der Waals surface area contributed by atoms with Crippen molar-refractivity contribution in [2.75, 3.05) is 0 Å². The highest BCUT2D eigenvalue weighted by molar-refractivity contribution is 5.66. The number of aryl methyl sites for hydroxylation is 1. The van der Waals surface area contributed by atoms with Crippen molar-refractivity contribution >= 4 is 5.97 Å². The molecule has 1 aromatic rings. The Kier molecular flexibility index (Phi) is 4.62. The summed E-state index contributed by atoms with van der Waals surface area (Å²) in [5, 5.41) is 8.57. The van der Waals surface area contributed by atoms with Crippen molar-refractivity contribution in [2.24, 2.45) is 0 Å². The SMILES string of the molecule is O=C(O)CCCc1ccc(OC2CCCC2)cc1. The molecule has 0 heterocycles. The molecule has 0 unspecified atom stereocenters. The smallest absolute Gasteiger partial charge is 0.303 e. The third kappa shape index (κ3) is 4.06. The van der Waals surface area contributed by atoms with Crippen molar-refractivity contribution in [3.05, 3.63) is 29.8 Å². The molecule has 1 aromatic carbocycles. The van der Waals surface area contributed by atoms with Crippen LogP contribution >= 0.6 is 0 Å². The van der Waals surface area contributed by atoms with E-state index in [1.54, 1.807) is 0 Å². The molecule has 3 nitrogen and oxygen atoms in total. The summed E-state index contributed by atoms with van der Waals surface area (Å²) in [4.78, 5) is 10.4. The molecule has 1 fully saturated rings. The van der Waals surface area contributed by atoms with Gasteiger partial charge in [-0.3, -0.25) is 4.79 Å². The molecule has 1 N–H and O–H groups in total. The minimum Gasteiger partial charge on any atom is -0.490 e. The highest BCUT2D eigenvalue weighted by Gasteiger charge is 2.16. The van der Waals surface area contributed by atoms with Crippen molar-refractivity contribution in [3.63, 3.8) is 0 Å². The number of carboxylic acid groups (broad SMARTS) is 1. The second kappa shape index (κ2) is 6.43. The Hall–Kier alpha value is -1.51. The van der Waals surface area contributed by atoms with E-state index in [9.17, 15) is 4.79 Å². The average molecular weight is 248 g/mol. The maximum Gasteiger partial charge on any atom is 0.303 e. The third-order valence-electron chi connectivity index (χ3n) is 3.38. The van der Waals surface area contributed by atoms with E-state index >= 15 is 0 Å². The molecular formula is C15H20O3. The summed E-state index contributed by atoms with van der Waals surface area (Å²) in [6.07, 6.45) is 7.02. The fourth-order valence-corrected chi connectivity index (χ4v) is 2.38. The van der Waals surface area contributed by atoms with Crippen molar-refractivity contribution in [1.82, 2.24) is 0 Å². The van der Waals surface area contributed by atoms with Crippen LogP contribution in [0.25, 0.3) is 0 Å². The maximum absolute atomic E-state index is 10.4. The molecule has 0 aromatic heterocycles. The van der Waals surface area contributed by atoms with Crippen molar-refractivity contribution in [3.8, 4) is 5.75 Å². The van der Waals surface area contributed by atoms with E-state index in [-0.39, 0.29) is 6.42 Å². The molecule has 2 rings (SSSR count). The van der Waals surface area contributed by atoms with E-state index in [2.05, 4.69) is 0 Å². The molecule has 18 heavy (non-hydrogen) atoms. The zero-order valence-electron chi connectivity index (χ0n) is 10.6. The van der Waals surface area contributed by atoms with Gasteiger partial charge < -0.3 is 9.84 Å². The summed E-state index contributed by atoms with van der Waals surface area (Å²) >= 11 is 0. The Morgan fingerprint density at radius 3 is 2.50 bits per heavy atom. The van der Waals surface area contributed by atoms with E-state index in [4.69, 9.17) is 9.84 Å². The summed E-state index contributed by atoms with van der Waals surface area (Å²) in [5.74, 6) is 0.208. The van der Waals surface area contributed by atoms with E-state index in [0.717, 1.165) is 12.2 Å². The van der Waals surface area contributed by atoms with Crippen LogP contribution in [0, 0.1) is 0 Å². The lowest BCUT2D eigenvalue weighted by Gasteiger charge is -2.13. The first-order valence-corrected chi connectivity index (χ1v) is 6.71. The van der Waals surface area contributed by atoms with Crippen LogP contribution < -0.4 is 4.74 Å². The topological polar surface area (TPSA) is 46.5 Å². The predicted molar refractivity (Wildman–Crippen MR) is 69.9 cm³/mol. The summed E-state index contributed by atoms with van der Waals surface area (Å²) in [5.41, 5.74) is 1.18. The molecule has 1 aliphatic rings. The number of benzene rings is 1. The van der Waals surface area contributed by atoms with Crippen LogP contribution in [0.3, 0.4) is 0 Å². The highest BCUT2D eigenvalue weighted by atomic mass is 16.5. The highest BCUT2D eigenvalue weighted by Crippen LogP contribution is 2.24. The van der Waals surface area contributed by atoms with Crippen LogP contribution in [-0.2, 0) is 11.2 Å². The Morgan fingerprint density at radius 1 is 1.22 bits per heavy atom. The molecule has 0 spiro atoms. The van der Waals surface area contributed by atoms with Gasteiger partial charge in [0.1, 0.15) is 5.75 Å². The number of hydrogen-bond acceptors (Lipinski definition) is 2. The first-order chi connectivity index (χ1) is 8.74. The van der Waals surface area contributed by atoms with Gasteiger partial charge in [-0.15, -0.1) is 0 Å². The Balaban J connectivity index is 1.79. The van der Waals surface area contributed by atoms with Gasteiger partial charge in [0.15, 0.2) is 0 Å². The Morgan fingerprint density at radius 2 is 1.89 bits per heavy atom. The summed E-state index contributed by atoms with van der Waals surface area (Å²) in [7, 11) is 0. The van der Waals surface area contributed by atoms with Gasteiger partial charge in [-0.2, -0.15) is 0 Å². The minimum atomic E-state index is -0.726. The van der Waals surface area contributed by atoms with Gasteiger partial charge in [0.2, 0.25) is 0 Å². The van der Waals surface area contributed by atoms with E-state index < -0.39 is 5.97 Å². The van der Waals surface area contributed by atoms with Gasteiger partial charge in [-0.25, -0.2) is 0 Å². The number of hydrogen-bond donors (Lipinski definition) is 1.